The van der Waals surface area contributed by atoms with Crippen molar-refractivity contribution in [2.24, 2.45) is 0 Å². The molecule has 3 rings (SSSR count). The molecule has 0 aliphatic carbocycles. The first kappa shape index (κ1) is 18.2. The number of carbonyl (C=O) groups is 1. The van der Waals surface area contributed by atoms with Crippen LogP contribution in [0.5, 0.6) is 0 Å². The Balaban J connectivity index is 1.82. The van der Waals surface area contributed by atoms with Crippen molar-refractivity contribution in [3.8, 4) is 10.6 Å². The van der Waals surface area contributed by atoms with Crippen LogP contribution < -0.4 is 10.2 Å². The molecule has 2 heterocycles. The van der Waals surface area contributed by atoms with Gasteiger partial charge in [-0.15, -0.1) is 11.3 Å². The van der Waals surface area contributed by atoms with Gasteiger partial charge in [0.1, 0.15) is 17.0 Å². The minimum atomic E-state index is -0.208. The second-order valence-electron chi connectivity index (χ2n) is 6.05. The summed E-state index contributed by atoms with van der Waals surface area (Å²) in [5.41, 5.74) is 2.97. The van der Waals surface area contributed by atoms with Gasteiger partial charge in [-0.2, -0.15) is 0 Å². The Bertz CT molecular complexity index is 892. The number of anilines is 2. The van der Waals surface area contributed by atoms with E-state index in [-0.39, 0.29) is 5.91 Å². The highest BCUT2D eigenvalue weighted by atomic mass is 32.1. The number of rotatable bonds is 6. The lowest BCUT2D eigenvalue weighted by Gasteiger charge is -2.21. The molecule has 0 fully saturated rings. The molecule has 0 atom stereocenters. The van der Waals surface area contributed by atoms with Gasteiger partial charge in [0.05, 0.1) is 4.88 Å². The van der Waals surface area contributed by atoms with Crippen LogP contribution in [0.1, 0.15) is 34.8 Å². The van der Waals surface area contributed by atoms with E-state index in [0.29, 0.717) is 17.0 Å². The van der Waals surface area contributed by atoms with Crippen LogP contribution in [0, 0.1) is 13.8 Å². The second-order valence-corrected chi connectivity index (χ2v) is 7.33. The highest BCUT2D eigenvalue weighted by molar-refractivity contribution is 7.15. The van der Waals surface area contributed by atoms with Gasteiger partial charge in [-0.3, -0.25) is 4.79 Å². The molecule has 0 bridgehead atoms. The van der Waals surface area contributed by atoms with Gasteiger partial charge >= 0.3 is 0 Å². The molecule has 0 saturated carbocycles. The fraction of sp³-hybridized carbons (Fsp3) is 0.300. The molecule has 0 saturated heterocycles. The van der Waals surface area contributed by atoms with E-state index < -0.39 is 0 Å². The van der Waals surface area contributed by atoms with E-state index in [4.69, 9.17) is 4.52 Å². The minimum absolute atomic E-state index is 0.208. The molecule has 1 N–H and O–H groups in total. The quantitative estimate of drug-likeness (QED) is 0.655. The minimum Gasteiger partial charge on any atom is -0.372 e. The number of hydrogen-bond donors (Lipinski definition) is 1. The Kier molecular flexibility index (Phi) is 5.42. The van der Waals surface area contributed by atoms with Crippen LogP contribution in [0.25, 0.3) is 10.6 Å². The van der Waals surface area contributed by atoms with Crippen molar-refractivity contribution < 1.29 is 9.32 Å². The predicted molar refractivity (Wildman–Crippen MR) is 107 cm³/mol. The highest BCUT2D eigenvalue weighted by Gasteiger charge is 2.22. The molecular weight excluding hydrogens is 346 g/mol. The summed E-state index contributed by atoms with van der Waals surface area (Å²) in [7, 11) is 0. The Hall–Kier alpha value is -2.60. The fourth-order valence-electron chi connectivity index (χ4n) is 2.91. The first-order chi connectivity index (χ1) is 12.5. The van der Waals surface area contributed by atoms with Crippen LogP contribution in [0.2, 0.25) is 0 Å². The Labute approximate surface area is 157 Å². The van der Waals surface area contributed by atoms with Crippen LogP contribution in [0.15, 0.2) is 40.9 Å². The molecule has 3 aromatic rings. The molecule has 0 unspecified atom stereocenters. The van der Waals surface area contributed by atoms with Gasteiger partial charge in [0, 0.05) is 29.3 Å². The molecule has 0 aliphatic rings. The lowest BCUT2D eigenvalue weighted by Crippen LogP contribution is -2.21. The number of aryl methyl sites for hydroxylation is 2. The summed E-state index contributed by atoms with van der Waals surface area (Å²) >= 11 is 1.59. The summed E-state index contributed by atoms with van der Waals surface area (Å²) in [6.45, 7) is 9.94. The zero-order valence-corrected chi connectivity index (χ0v) is 16.3. The molecule has 1 aromatic carbocycles. The maximum atomic E-state index is 12.8. The van der Waals surface area contributed by atoms with Gasteiger partial charge < -0.3 is 14.7 Å². The van der Waals surface area contributed by atoms with E-state index in [2.05, 4.69) is 29.2 Å². The van der Waals surface area contributed by atoms with Crippen LogP contribution in [0.3, 0.4) is 0 Å². The molecule has 0 aliphatic heterocycles. The van der Waals surface area contributed by atoms with Gasteiger partial charge in [-0.05, 0) is 64.1 Å². The number of hydrogen-bond acceptors (Lipinski definition) is 5. The summed E-state index contributed by atoms with van der Waals surface area (Å²) in [6, 6.07) is 11.9. The van der Waals surface area contributed by atoms with Crippen LogP contribution >= 0.6 is 11.3 Å². The normalized spacial score (nSPS) is 10.8. The van der Waals surface area contributed by atoms with Crippen molar-refractivity contribution in [2.45, 2.75) is 27.7 Å². The third-order valence-corrected chi connectivity index (χ3v) is 5.32. The molecule has 0 spiro atoms. The lowest BCUT2D eigenvalue weighted by molar-refractivity contribution is 0.102. The lowest BCUT2D eigenvalue weighted by atomic mass is 10.1. The van der Waals surface area contributed by atoms with Crippen LogP contribution in [-0.2, 0) is 0 Å². The fourth-order valence-corrected chi connectivity index (χ4v) is 3.76. The Morgan fingerprint density at radius 1 is 1.12 bits per heavy atom. The van der Waals surface area contributed by atoms with Gasteiger partial charge in [0.25, 0.3) is 5.91 Å². The third kappa shape index (κ3) is 3.65. The van der Waals surface area contributed by atoms with Crippen LogP contribution in [0.4, 0.5) is 11.4 Å². The monoisotopic (exact) mass is 369 g/mol. The number of nitrogens with zero attached hydrogens (tertiary/aromatic N) is 2. The smallest absolute Gasteiger partial charge is 0.261 e. The number of aromatic nitrogens is 1. The van der Waals surface area contributed by atoms with E-state index in [1.165, 1.54) is 4.88 Å². The molecule has 0 radical (unpaired) electrons. The number of thiophene rings is 1. The van der Waals surface area contributed by atoms with E-state index in [9.17, 15) is 4.79 Å². The molecular formula is C20H23N3O2S. The molecule has 26 heavy (non-hydrogen) atoms. The molecule has 2 aromatic heterocycles. The van der Waals surface area contributed by atoms with Crippen molar-refractivity contribution in [2.75, 3.05) is 23.3 Å². The average Bonchev–Trinajstić information content (AvgIpc) is 3.23. The van der Waals surface area contributed by atoms with Crippen molar-refractivity contribution in [3.63, 3.8) is 0 Å². The van der Waals surface area contributed by atoms with Gasteiger partial charge in [-0.1, -0.05) is 5.16 Å². The summed E-state index contributed by atoms with van der Waals surface area (Å²) in [6.07, 6.45) is 0. The van der Waals surface area contributed by atoms with Crippen molar-refractivity contribution >= 4 is 28.6 Å². The average molecular weight is 369 g/mol. The first-order valence-electron chi connectivity index (χ1n) is 8.73. The molecule has 5 nitrogen and oxygen atoms in total. The van der Waals surface area contributed by atoms with Crippen molar-refractivity contribution in [1.29, 1.82) is 0 Å². The second kappa shape index (κ2) is 7.74. The Morgan fingerprint density at radius 2 is 1.81 bits per heavy atom. The summed E-state index contributed by atoms with van der Waals surface area (Å²) in [5.74, 6) is 0.309. The number of carbonyl (C=O) groups excluding carboxylic acids is 1. The van der Waals surface area contributed by atoms with Gasteiger partial charge in [-0.25, -0.2) is 0 Å². The largest absolute Gasteiger partial charge is 0.372 e. The summed E-state index contributed by atoms with van der Waals surface area (Å²) in [5, 5.41) is 7.04. The predicted octanol–water partition coefficient (Wildman–Crippen LogP) is 5.12. The van der Waals surface area contributed by atoms with Crippen LogP contribution in [-0.4, -0.2) is 24.2 Å². The zero-order chi connectivity index (χ0) is 18.7. The molecule has 136 valence electrons. The number of nitrogens with one attached hydrogen (secondary N) is 1. The van der Waals surface area contributed by atoms with Crippen molar-refractivity contribution in [3.05, 3.63) is 52.6 Å². The highest BCUT2D eigenvalue weighted by Crippen LogP contribution is 2.31. The Morgan fingerprint density at radius 3 is 2.38 bits per heavy atom. The first-order valence-corrected chi connectivity index (χ1v) is 9.54. The topological polar surface area (TPSA) is 58.4 Å². The SMILES string of the molecule is CCN(CC)c1ccc(NC(=O)c2c(-c3ccc(C)s3)noc2C)cc1. The van der Waals surface area contributed by atoms with Crippen molar-refractivity contribution in [1.82, 2.24) is 5.16 Å². The molecule has 1 amide bonds. The number of benzene rings is 1. The number of amides is 1. The standard InChI is InChI=1S/C20H23N3O2S/c1-5-23(6-2)16-10-8-15(9-11-16)21-20(24)18-14(4)25-22-19(18)17-12-7-13(3)26-17/h7-12H,5-6H2,1-4H3,(H,21,24). The summed E-state index contributed by atoms with van der Waals surface area (Å²) in [4.78, 5) is 17.2. The zero-order valence-electron chi connectivity index (χ0n) is 15.5. The van der Waals surface area contributed by atoms with Gasteiger partial charge in [0.15, 0.2) is 0 Å². The van der Waals surface area contributed by atoms with E-state index in [1.54, 1.807) is 18.3 Å². The van der Waals surface area contributed by atoms with Gasteiger partial charge in [0.2, 0.25) is 0 Å². The molecule has 6 heteroatoms. The third-order valence-electron chi connectivity index (χ3n) is 4.32. The van der Waals surface area contributed by atoms with E-state index >= 15 is 0 Å². The maximum absolute atomic E-state index is 12.8. The summed E-state index contributed by atoms with van der Waals surface area (Å²) < 4.78 is 5.29. The van der Waals surface area contributed by atoms with E-state index in [0.717, 1.165) is 29.3 Å². The van der Waals surface area contributed by atoms with E-state index in [1.807, 2.05) is 43.3 Å². The maximum Gasteiger partial charge on any atom is 0.261 e.